The standard InChI is InChI=1S/C14H17FN2O4/c1-9(2)16-14(20)17-12(18)8-21-13(19)7-10-4-3-5-11(15)6-10/h3-6,9H,7-8H2,1-2H3,(H2,16,17,18,20). The number of hydrogen-bond acceptors (Lipinski definition) is 4. The molecule has 1 aromatic rings. The number of ether oxygens (including phenoxy) is 1. The van der Waals surface area contributed by atoms with Crippen LogP contribution in [0.5, 0.6) is 0 Å². The van der Waals surface area contributed by atoms with E-state index in [4.69, 9.17) is 4.74 Å². The first kappa shape index (κ1) is 16.6. The predicted molar refractivity (Wildman–Crippen MR) is 72.9 cm³/mol. The van der Waals surface area contributed by atoms with Crippen LogP contribution in [0.3, 0.4) is 0 Å². The number of amides is 3. The molecule has 114 valence electrons. The predicted octanol–water partition coefficient (Wildman–Crippen LogP) is 1.15. The minimum atomic E-state index is -0.735. The zero-order chi connectivity index (χ0) is 15.8. The third-order valence-electron chi connectivity index (χ3n) is 2.27. The van der Waals surface area contributed by atoms with Crippen molar-refractivity contribution in [1.29, 1.82) is 0 Å². The number of rotatable bonds is 5. The summed E-state index contributed by atoms with van der Waals surface area (Å²) in [5.74, 6) is -1.87. The van der Waals surface area contributed by atoms with Crippen molar-refractivity contribution in [2.75, 3.05) is 6.61 Å². The molecule has 0 aliphatic rings. The van der Waals surface area contributed by atoms with Crippen LogP contribution in [0.15, 0.2) is 24.3 Å². The fraction of sp³-hybridized carbons (Fsp3) is 0.357. The Morgan fingerprint density at radius 2 is 2.00 bits per heavy atom. The third-order valence-corrected chi connectivity index (χ3v) is 2.27. The monoisotopic (exact) mass is 296 g/mol. The van der Waals surface area contributed by atoms with Gasteiger partial charge in [-0.1, -0.05) is 12.1 Å². The topological polar surface area (TPSA) is 84.5 Å². The van der Waals surface area contributed by atoms with Crippen molar-refractivity contribution in [3.8, 4) is 0 Å². The van der Waals surface area contributed by atoms with Crippen LogP contribution < -0.4 is 10.6 Å². The second-order valence-electron chi connectivity index (χ2n) is 4.64. The SMILES string of the molecule is CC(C)NC(=O)NC(=O)COC(=O)Cc1cccc(F)c1. The largest absolute Gasteiger partial charge is 0.455 e. The summed E-state index contributed by atoms with van der Waals surface area (Å²) < 4.78 is 17.6. The quantitative estimate of drug-likeness (QED) is 0.798. The van der Waals surface area contributed by atoms with Crippen molar-refractivity contribution in [1.82, 2.24) is 10.6 Å². The van der Waals surface area contributed by atoms with Gasteiger partial charge in [-0.25, -0.2) is 9.18 Å². The normalized spacial score (nSPS) is 10.1. The molecule has 7 heteroatoms. The van der Waals surface area contributed by atoms with Crippen LogP contribution in [-0.4, -0.2) is 30.6 Å². The van der Waals surface area contributed by atoms with E-state index in [9.17, 15) is 18.8 Å². The lowest BCUT2D eigenvalue weighted by Gasteiger charge is -2.09. The van der Waals surface area contributed by atoms with Gasteiger partial charge in [0, 0.05) is 6.04 Å². The molecule has 21 heavy (non-hydrogen) atoms. The fourth-order valence-corrected chi connectivity index (χ4v) is 1.47. The summed E-state index contributed by atoms with van der Waals surface area (Å²) in [6.07, 6.45) is -0.150. The minimum Gasteiger partial charge on any atom is -0.455 e. The van der Waals surface area contributed by atoms with Gasteiger partial charge in [0.2, 0.25) is 0 Å². The highest BCUT2D eigenvalue weighted by atomic mass is 19.1. The van der Waals surface area contributed by atoms with Crippen LogP contribution in [0.25, 0.3) is 0 Å². The number of halogens is 1. The number of imide groups is 1. The number of carbonyl (C=O) groups excluding carboxylic acids is 3. The molecule has 0 aromatic heterocycles. The third kappa shape index (κ3) is 7.05. The van der Waals surface area contributed by atoms with Gasteiger partial charge in [-0.05, 0) is 31.5 Å². The maximum Gasteiger partial charge on any atom is 0.321 e. The summed E-state index contributed by atoms with van der Waals surface area (Å²) in [6.45, 7) is 2.91. The summed E-state index contributed by atoms with van der Waals surface area (Å²) in [5, 5.41) is 4.47. The van der Waals surface area contributed by atoms with Gasteiger partial charge in [-0.3, -0.25) is 14.9 Å². The number of esters is 1. The van der Waals surface area contributed by atoms with Crippen LogP contribution in [0, 0.1) is 5.82 Å². The van der Waals surface area contributed by atoms with E-state index >= 15 is 0 Å². The highest BCUT2D eigenvalue weighted by Gasteiger charge is 2.12. The molecule has 3 amide bonds. The van der Waals surface area contributed by atoms with Crippen LogP contribution in [0.2, 0.25) is 0 Å². The number of urea groups is 1. The van der Waals surface area contributed by atoms with Crippen molar-refractivity contribution < 1.29 is 23.5 Å². The molecule has 1 aromatic carbocycles. The number of benzene rings is 1. The van der Waals surface area contributed by atoms with Crippen molar-refractivity contribution in [2.24, 2.45) is 0 Å². The van der Waals surface area contributed by atoms with E-state index in [1.165, 1.54) is 18.2 Å². The second-order valence-corrected chi connectivity index (χ2v) is 4.64. The van der Waals surface area contributed by atoms with E-state index in [1.54, 1.807) is 19.9 Å². The van der Waals surface area contributed by atoms with E-state index < -0.39 is 30.3 Å². The lowest BCUT2D eigenvalue weighted by atomic mass is 10.1. The van der Waals surface area contributed by atoms with Gasteiger partial charge < -0.3 is 10.1 Å². The highest BCUT2D eigenvalue weighted by Crippen LogP contribution is 2.04. The van der Waals surface area contributed by atoms with Crippen molar-refractivity contribution in [2.45, 2.75) is 26.3 Å². The Kier molecular flexibility index (Phi) is 6.32. The zero-order valence-corrected chi connectivity index (χ0v) is 11.8. The zero-order valence-electron chi connectivity index (χ0n) is 11.8. The summed E-state index contributed by atoms with van der Waals surface area (Å²) >= 11 is 0. The maximum absolute atomic E-state index is 12.9. The summed E-state index contributed by atoms with van der Waals surface area (Å²) in [7, 11) is 0. The van der Waals surface area contributed by atoms with Crippen molar-refractivity contribution >= 4 is 17.9 Å². The van der Waals surface area contributed by atoms with Crippen molar-refractivity contribution in [3.05, 3.63) is 35.6 Å². The van der Waals surface area contributed by atoms with E-state index in [0.717, 1.165) is 0 Å². The first-order valence-corrected chi connectivity index (χ1v) is 6.37. The lowest BCUT2D eigenvalue weighted by Crippen LogP contribution is -2.44. The van der Waals surface area contributed by atoms with E-state index in [-0.39, 0.29) is 12.5 Å². The molecular weight excluding hydrogens is 279 g/mol. The highest BCUT2D eigenvalue weighted by molar-refractivity contribution is 5.95. The molecule has 0 unspecified atom stereocenters. The average Bonchev–Trinajstić information content (AvgIpc) is 2.35. The molecule has 1 rings (SSSR count). The molecule has 0 saturated heterocycles. The molecule has 0 saturated carbocycles. The Hall–Kier alpha value is -2.44. The molecule has 0 aliphatic carbocycles. The Morgan fingerprint density at radius 1 is 1.29 bits per heavy atom. The molecule has 0 atom stereocenters. The molecule has 0 bridgehead atoms. The van der Waals surface area contributed by atoms with Gasteiger partial charge in [0.1, 0.15) is 5.82 Å². The van der Waals surface area contributed by atoms with Gasteiger partial charge in [0.05, 0.1) is 6.42 Å². The van der Waals surface area contributed by atoms with Crippen LogP contribution >= 0.6 is 0 Å². The molecule has 0 aliphatic heterocycles. The maximum atomic E-state index is 12.9. The van der Waals surface area contributed by atoms with E-state index in [1.807, 2.05) is 5.32 Å². The Morgan fingerprint density at radius 3 is 2.62 bits per heavy atom. The van der Waals surface area contributed by atoms with Gasteiger partial charge in [-0.2, -0.15) is 0 Å². The van der Waals surface area contributed by atoms with Crippen molar-refractivity contribution in [3.63, 3.8) is 0 Å². The first-order chi connectivity index (χ1) is 9.86. The van der Waals surface area contributed by atoms with Gasteiger partial charge in [0.25, 0.3) is 5.91 Å². The van der Waals surface area contributed by atoms with Gasteiger partial charge in [-0.15, -0.1) is 0 Å². The minimum absolute atomic E-state index is 0.117. The first-order valence-electron chi connectivity index (χ1n) is 6.37. The Bertz CT molecular complexity index is 531. The Labute approximate surface area is 121 Å². The molecule has 0 fully saturated rings. The second kappa shape index (κ2) is 7.98. The molecule has 0 spiro atoms. The Balaban J connectivity index is 2.32. The summed E-state index contributed by atoms with van der Waals surface area (Å²) in [5.41, 5.74) is 0.443. The summed E-state index contributed by atoms with van der Waals surface area (Å²) in [4.78, 5) is 34.0. The van der Waals surface area contributed by atoms with E-state index in [0.29, 0.717) is 5.56 Å². The lowest BCUT2D eigenvalue weighted by molar-refractivity contribution is -0.147. The fourth-order valence-electron chi connectivity index (χ4n) is 1.47. The van der Waals surface area contributed by atoms with Crippen LogP contribution in [0.4, 0.5) is 9.18 Å². The smallest absolute Gasteiger partial charge is 0.321 e. The molecule has 2 N–H and O–H groups in total. The number of carbonyl (C=O) groups is 3. The van der Waals surface area contributed by atoms with Gasteiger partial charge >= 0.3 is 12.0 Å². The molecule has 6 nitrogen and oxygen atoms in total. The average molecular weight is 296 g/mol. The molecular formula is C14H17FN2O4. The van der Waals surface area contributed by atoms with Crippen LogP contribution in [0.1, 0.15) is 19.4 Å². The molecule has 0 radical (unpaired) electrons. The molecule has 0 heterocycles. The van der Waals surface area contributed by atoms with Crippen LogP contribution in [-0.2, 0) is 20.7 Å². The number of hydrogen-bond donors (Lipinski definition) is 2. The van der Waals surface area contributed by atoms with E-state index in [2.05, 4.69) is 5.32 Å². The number of nitrogens with one attached hydrogen (secondary N) is 2. The van der Waals surface area contributed by atoms with Gasteiger partial charge in [0.15, 0.2) is 6.61 Å². The summed E-state index contributed by atoms with van der Waals surface area (Å²) in [6, 6.07) is 4.73.